The van der Waals surface area contributed by atoms with Gasteiger partial charge in [0.25, 0.3) is 0 Å². The summed E-state index contributed by atoms with van der Waals surface area (Å²) in [6.07, 6.45) is 3.35. The number of rotatable bonds is 6. The summed E-state index contributed by atoms with van der Waals surface area (Å²) in [4.78, 5) is 20.6. The van der Waals surface area contributed by atoms with Gasteiger partial charge in [-0.15, -0.1) is 0 Å². The Kier molecular flexibility index (Phi) is 5.81. The molecule has 0 bridgehead atoms. The number of ether oxygens (including phenoxy) is 2. The summed E-state index contributed by atoms with van der Waals surface area (Å²) in [5, 5.41) is 3.72. The normalized spacial score (nSPS) is 10.3. The maximum Gasteiger partial charge on any atom is 0.343 e. The van der Waals surface area contributed by atoms with Crippen molar-refractivity contribution in [2.75, 3.05) is 25.3 Å². The predicted molar refractivity (Wildman–Crippen MR) is 90.8 cm³/mol. The van der Waals surface area contributed by atoms with Gasteiger partial charge in [0, 0.05) is 6.20 Å². The number of esters is 1. The Balaban J connectivity index is 2.45. The molecule has 122 valence electrons. The Morgan fingerprint density at radius 2 is 2.17 bits per heavy atom. The van der Waals surface area contributed by atoms with E-state index in [1.54, 1.807) is 14.0 Å². The minimum atomic E-state index is -0.464. The Bertz CT molecular complexity index is 707. The van der Waals surface area contributed by atoms with E-state index >= 15 is 0 Å². The van der Waals surface area contributed by atoms with Crippen molar-refractivity contribution in [2.45, 2.75) is 19.0 Å². The Morgan fingerprint density at radius 3 is 2.83 bits per heavy atom. The molecule has 0 unspecified atom stereocenters. The van der Waals surface area contributed by atoms with Crippen molar-refractivity contribution in [3.63, 3.8) is 0 Å². The third-order valence-electron chi connectivity index (χ3n) is 3.05. The number of anilines is 2. The lowest BCUT2D eigenvalue weighted by Crippen LogP contribution is -2.11. The zero-order valence-corrected chi connectivity index (χ0v) is 14.4. The minimum Gasteiger partial charge on any atom is -0.495 e. The highest BCUT2D eigenvalue weighted by atomic mass is 32.2. The summed E-state index contributed by atoms with van der Waals surface area (Å²) >= 11 is 1.39. The number of hydrogen-bond acceptors (Lipinski definition) is 7. The van der Waals surface area contributed by atoms with Crippen molar-refractivity contribution in [1.29, 1.82) is 0 Å². The number of aryl methyl sites for hydroxylation is 1. The molecule has 1 N–H and O–H groups in total. The van der Waals surface area contributed by atoms with Gasteiger partial charge >= 0.3 is 5.97 Å². The van der Waals surface area contributed by atoms with E-state index in [-0.39, 0.29) is 12.2 Å². The number of aromatic nitrogens is 2. The van der Waals surface area contributed by atoms with Gasteiger partial charge in [0.05, 0.1) is 19.4 Å². The van der Waals surface area contributed by atoms with Gasteiger partial charge in [0.2, 0.25) is 0 Å². The number of carbonyl (C=O) groups excluding carboxylic acids is 1. The molecule has 23 heavy (non-hydrogen) atoms. The second kappa shape index (κ2) is 7.82. The van der Waals surface area contributed by atoms with Crippen LogP contribution in [0.2, 0.25) is 0 Å². The smallest absolute Gasteiger partial charge is 0.343 e. The summed E-state index contributed by atoms with van der Waals surface area (Å²) in [5.41, 5.74) is 2.07. The molecule has 0 aliphatic heterocycles. The van der Waals surface area contributed by atoms with Crippen LogP contribution >= 0.6 is 11.8 Å². The Morgan fingerprint density at radius 1 is 1.39 bits per heavy atom. The average molecular weight is 333 g/mol. The number of nitrogens with zero attached hydrogens (tertiary/aromatic N) is 2. The number of benzene rings is 1. The summed E-state index contributed by atoms with van der Waals surface area (Å²) < 4.78 is 10.4. The molecule has 0 aliphatic carbocycles. The van der Waals surface area contributed by atoms with E-state index in [2.05, 4.69) is 15.3 Å². The number of carbonyl (C=O) groups is 1. The van der Waals surface area contributed by atoms with Gasteiger partial charge < -0.3 is 14.8 Å². The van der Waals surface area contributed by atoms with Crippen LogP contribution in [0.3, 0.4) is 0 Å². The van der Waals surface area contributed by atoms with Crippen LogP contribution in [0, 0.1) is 6.92 Å². The van der Waals surface area contributed by atoms with Gasteiger partial charge in [-0.3, -0.25) is 0 Å². The molecule has 0 spiro atoms. The van der Waals surface area contributed by atoms with E-state index in [1.165, 1.54) is 18.0 Å². The van der Waals surface area contributed by atoms with E-state index in [0.717, 1.165) is 11.3 Å². The standard InChI is InChI=1S/C16H19N3O3S/c1-5-22-15(20)11-9-17-16(23-4)19-14(11)18-12-8-10(2)6-7-13(12)21-3/h6-9H,5H2,1-4H3,(H,17,18,19). The molecule has 1 aromatic heterocycles. The highest BCUT2D eigenvalue weighted by Gasteiger charge is 2.17. The predicted octanol–water partition coefficient (Wildman–Crippen LogP) is 3.44. The lowest BCUT2D eigenvalue weighted by atomic mass is 10.2. The van der Waals surface area contributed by atoms with Crippen LogP contribution in [0.25, 0.3) is 0 Å². The molecule has 0 saturated heterocycles. The number of thioether (sulfide) groups is 1. The van der Waals surface area contributed by atoms with E-state index in [0.29, 0.717) is 16.7 Å². The van der Waals surface area contributed by atoms with Crippen LogP contribution in [0.4, 0.5) is 11.5 Å². The van der Waals surface area contributed by atoms with Crippen LogP contribution in [-0.2, 0) is 4.74 Å². The molecule has 0 saturated carbocycles. The first-order valence-corrected chi connectivity index (χ1v) is 8.31. The Hall–Kier alpha value is -2.28. The molecule has 0 atom stereocenters. The first-order chi connectivity index (χ1) is 11.1. The minimum absolute atomic E-state index is 0.285. The molecule has 2 rings (SSSR count). The van der Waals surface area contributed by atoms with Crippen molar-refractivity contribution >= 4 is 29.2 Å². The van der Waals surface area contributed by atoms with Crippen LogP contribution in [0.15, 0.2) is 29.6 Å². The van der Waals surface area contributed by atoms with Gasteiger partial charge in [-0.25, -0.2) is 14.8 Å². The zero-order chi connectivity index (χ0) is 16.8. The van der Waals surface area contributed by atoms with Crippen LogP contribution < -0.4 is 10.1 Å². The largest absolute Gasteiger partial charge is 0.495 e. The molecule has 0 amide bonds. The van der Waals surface area contributed by atoms with Gasteiger partial charge in [-0.2, -0.15) is 0 Å². The molecular formula is C16H19N3O3S. The fourth-order valence-electron chi connectivity index (χ4n) is 1.96. The second-order valence-corrected chi connectivity index (χ2v) is 5.44. The average Bonchev–Trinajstić information content (AvgIpc) is 2.55. The molecular weight excluding hydrogens is 314 g/mol. The molecule has 0 fully saturated rings. The van der Waals surface area contributed by atoms with E-state index < -0.39 is 5.97 Å². The molecule has 7 heteroatoms. The monoisotopic (exact) mass is 333 g/mol. The van der Waals surface area contributed by atoms with Crippen molar-refractivity contribution in [2.24, 2.45) is 0 Å². The van der Waals surface area contributed by atoms with Gasteiger partial charge in [-0.1, -0.05) is 17.8 Å². The lowest BCUT2D eigenvalue weighted by Gasteiger charge is -2.14. The summed E-state index contributed by atoms with van der Waals surface area (Å²) in [6.45, 7) is 4.02. The SMILES string of the molecule is CCOC(=O)c1cnc(SC)nc1Nc1cc(C)ccc1OC. The third-order valence-corrected chi connectivity index (χ3v) is 3.61. The van der Waals surface area contributed by atoms with Gasteiger partial charge in [0.1, 0.15) is 17.1 Å². The molecule has 1 heterocycles. The van der Waals surface area contributed by atoms with Crippen LogP contribution in [0.1, 0.15) is 22.8 Å². The maximum absolute atomic E-state index is 12.1. The van der Waals surface area contributed by atoms with E-state index in [1.807, 2.05) is 31.4 Å². The summed E-state index contributed by atoms with van der Waals surface area (Å²) in [5.74, 6) is 0.593. The number of nitrogens with one attached hydrogen (secondary N) is 1. The molecule has 6 nitrogen and oxygen atoms in total. The molecule has 0 radical (unpaired) electrons. The summed E-state index contributed by atoms with van der Waals surface area (Å²) in [7, 11) is 1.59. The zero-order valence-electron chi connectivity index (χ0n) is 13.5. The first-order valence-electron chi connectivity index (χ1n) is 7.08. The third kappa shape index (κ3) is 4.13. The lowest BCUT2D eigenvalue weighted by molar-refractivity contribution is 0.0526. The maximum atomic E-state index is 12.1. The molecule has 1 aromatic carbocycles. The quantitative estimate of drug-likeness (QED) is 0.493. The molecule has 0 aliphatic rings. The van der Waals surface area contributed by atoms with Crippen molar-refractivity contribution in [1.82, 2.24) is 9.97 Å². The summed E-state index contributed by atoms with van der Waals surface area (Å²) in [6, 6.07) is 5.73. The van der Waals surface area contributed by atoms with E-state index in [9.17, 15) is 4.79 Å². The van der Waals surface area contributed by atoms with Crippen molar-refractivity contribution in [3.8, 4) is 5.75 Å². The van der Waals surface area contributed by atoms with Crippen LogP contribution in [0.5, 0.6) is 5.75 Å². The van der Waals surface area contributed by atoms with Gasteiger partial charge in [0.15, 0.2) is 5.16 Å². The van der Waals surface area contributed by atoms with Gasteiger partial charge in [-0.05, 0) is 37.8 Å². The fourth-order valence-corrected chi connectivity index (χ4v) is 2.31. The van der Waals surface area contributed by atoms with E-state index in [4.69, 9.17) is 9.47 Å². The van der Waals surface area contributed by atoms with Crippen molar-refractivity contribution in [3.05, 3.63) is 35.5 Å². The Labute approximate surface area is 139 Å². The van der Waals surface area contributed by atoms with Crippen molar-refractivity contribution < 1.29 is 14.3 Å². The fraction of sp³-hybridized carbons (Fsp3) is 0.312. The number of hydrogen-bond donors (Lipinski definition) is 1. The van der Waals surface area contributed by atoms with Crippen LogP contribution in [-0.4, -0.2) is 35.9 Å². The topological polar surface area (TPSA) is 73.3 Å². The second-order valence-electron chi connectivity index (χ2n) is 4.67. The first kappa shape index (κ1) is 17.1. The number of methoxy groups -OCH3 is 1. The highest BCUT2D eigenvalue weighted by Crippen LogP contribution is 2.30. The molecule has 2 aromatic rings. The highest BCUT2D eigenvalue weighted by molar-refractivity contribution is 7.98.